The monoisotopic (exact) mass is 312 g/mol. The molecule has 0 bridgehead atoms. The van der Waals surface area contributed by atoms with Crippen molar-refractivity contribution in [2.45, 2.75) is 12.9 Å². The minimum atomic E-state index is -0.461. The summed E-state index contributed by atoms with van der Waals surface area (Å²) in [5.41, 5.74) is 0.929. The highest BCUT2D eigenvalue weighted by Crippen LogP contribution is 2.26. The topological polar surface area (TPSA) is 24.9 Å². The Balaban J connectivity index is 2.13. The van der Waals surface area contributed by atoms with Gasteiger partial charge in [0.25, 0.3) is 6.35 Å². The number of hydrogen-bond acceptors (Lipinski definition) is 4. The Morgan fingerprint density at radius 2 is 2.00 bits per heavy atom. The van der Waals surface area contributed by atoms with Crippen molar-refractivity contribution in [3.8, 4) is 0 Å². The van der Waals surface area contributed by atoms with Crippen LogP contribution in [0.3, 0.4) is 0 Å². The number of nitrogens with zero attached hydrogens (tertiary/aromatic N) is 2. The highest BCUT2D eigenvalue weighted by atomic mass is 35.5. The van der Waals surface area contributed by atoms with Crippen molar-refractivity contribution in [3.63, 3.8) is 0 Å². The van der Waals surface area contributed by atoms with E-state index in [0.717, 1.165) is 5.56 Å². The molecule has 2 rings (SSSR count). The standard InChI is InChI=1S/C14H14Cl2N2O2/c1-3-19-14-17(7-8-18(14)20-4-2)10-11-5-6-12(15)9-13(11)16/h3-9,14H,1-2,10H2. The zero-order valence-electron chi connectivity index (χ0n) is 10.7. The van der Waals surface area contributed by atoms with Crippen molar-refractivity contribution in [3.05, 3.63) is 71.9 Å². The van der Waals surface area contributed by atoms with Crippen LogP contribution in [0.5, 0.6) is 0 Å². The number of hydrogen-bond donors (Lipinski definition) is 0. The van der Waals surface area contributed by atoms with Crippen LogP contribution in [-0.4, -0.2) is 16.3 Å². The molecule has 1 aromatic rings. The summed E-state index contributed by atoms with van der Waals surface area (Å²) in [6, 6.07) is 5.38. The van der Waals surface area contributed by atoms with E-state index in [1.807, 2.05) is 17.2 Å². The van der Waals surface area contributed by atoms with Crippen molar-refractivity contribution >= 4 is 23.2 Å². The third-order valence-corrected chi connectivity index (χ3v) is 3.28. The first kappa shape index (κ1) is 14.6. The van der Waals surface area contributed by atoms with Crippen molar-refractivity contribution in [1.82, 2.24) is 9.96 Å². The van der Waals surface area contributed by atoms with E-state index in [2.05, 4.69) is 13.2 Å². The second-order valence-electron chi connectivity index (χ2n) is 3.97. The molecule has 0 N–H and O–H groups in total. The van der Waals surface area contributed by atoms with Gasteiger partial charge in [0.1, 0.15) is 6.26 Å². The average molecular weight is 313 g/mol. The zero-order valence-corrected chi connectivity index (χ0v) is 12.2. The fourth-order valence-corrected chi connectivity index (χ4v) is 2.29. The molecule has 6 heteroatoms. The Morgan fingerprint density at radius 1 is 1.20 bits per heavy atom. The molecule has 1 heterocycles. The first-order valence-electron chi connectivity index (χ1n) is 5.86. The summed E-state index contributed by atoms with van der Waals surface area (Å²) >= 11 is 12.1. The van der Waals surface area contributed by atoms with E-state index in [9.17, 15) is 0 Å². The van der Waals surface area contributed by atoms with Crippen LogP contribution in [0.4, 0.5) is 0 Å². The van der Waals surface area contributed by atoms with E-state index >= 15 is 0 Å². The lowest BCUT2D eigenvalue weighted by Gasteiger charge is -2.29. The van der Waals surface area contributed by atoms with Crippen molar-refractivity contribution < 1.29 is 9.57 Å². The van der Waals surface area contributed by atoms with Crippen LogP contribution in [0, 0.1) is 0 Å². The molecular formula is C14H14Cl2N2O2. The number of hydroxylamine groups is 2. The molecule has 1 aliphatic heterocycles. The van der Waals surface area contributed by atoms with Crippen LogP contribution in [0.15, 0.2) is 56.3 Å². The highest BCUT2D eigenvalue weighted by molar-refractivity contribution is 6.35. The van der Waals surface area contributed by atoms with Gasteiger partial charge in [-0.05, 0) is 17.7 Å². The van der Waals surface area contributed by atoms with Crippen molar-refractivity contribution in [1.29, 1.82) is 0 Å². The lowest BCUT2D eigenvalue weighted by atomic mass is 10.2. The lowest BCUT2D eigenvalue weighted by molar-refractivity contribution is -0.202. The van der Waals surface area contributed by atoms with Gasteiger partial charge >= 0.3 is 0 Å². The van der Waals surface area contributed by atoms with E-state index in [-0.39, 0.29) is 0 Å². The van der Waals surface area contributed by atoms with Gasteiger partial charge in [-0.25, -0.2) is 0 Å². The van der Waals surface area contributed by atoms with Gasteiger partial charge < -0.3 is 14.5 Å². The molecule has 1 aliphatic rings. The first-order chi connectivity index (χ1) is 9.65. The summed E-state index contributed by atoms with van der Waals surface area (Å²) < 4.78 is 5.43. The van der Waals surface area contributed by atoms with Crippen LogP contribution in [0.25, 0.3) is 0 Å². The molecule has 0 aromatic heterocycles. The Bertz CT molecular complexity index is 534. The minimum Gasteiger partial charge on any atom is -0.458 e. The van der Waals surface area contributed by atoms with E-state index in [1.165, 1.54) is 17.6 Å². The van der Waals surface area contributed by atoms with Crippen molar-refractivity contribution in [2.24, 2.45) is 0 Å². The highest BCUT2D eigenvalue weighted by Gasteiger charge is 2.28. The van der Waals surface area contributed by atoms with E-state index in [0.29, 0.717) is 16.6 Å². The lowest BCUT2D eigenvalue weighted by Crippen LogP contribution is -2.38. The van der Waals surface area contributed by atoms with Crippen LogP contribution in [-0.2, 0) is 16.1 Å². The summed E-state index contributed by atoms with van der Waals surface area (Å²) in [6.45, 7) is 7.62. The minimum absolute atomic E-state index is 0.461. The molecule has 106 valence electrons. The first-order valence-corrected chi connectivity index (χ1v) is 6.61. The SMILES string of the molecule is C=COC1N(Cc2ccc(Cl)cc2Cl)C=CN1OC=C. The molecule has 20 heavy (non-hydrogen) atoms. The normalized spacial score (nSPS) is 17.2. The summed E-state index contributed by atoms with van der Waals surface area (Å²) in [5, 5.41) is 2.72. The quantitative estimate of drug-likeness (QED) is 0.738. The largest absolute Gasteiger partial charge is 0.458 e. The van der Waals surface area contributed by atoms with E-state index in [1.54, 1.807) is 18.3 Å². The predicted molar refractivity (Wildman–Crippen MR) is 79.3 cm³/mol. The molecular weight excluding hydrogens is 299 g/mol. The Kier molecular flexibility index (Phi) is 4.82. The van der Waals surface area contributed by atoms with Crippen LogP contribution < -0.4 is 0 Å². The van der Waals surface area contributed by atoms with Gasteiger partial charge in [0, 0.05) is 22.8 Å². The number of benzene rings is 1. The molecule has 0 amide bonds. The zero-order chi connectivity index (χ0) is 14.5. The van der Waals surface area contributed by atoms with Gasteiger partial charge in [-0.2, -0.15) is 5.06 Å². The molecule has 4 nitrogen and oxygen atoms in total. The summed E-state index contributed by atoms with van der Waals surface area (Å²) in [6.07, 6.45) is 5.79. The molecule has 0 fully saturated rings. The molecule has 0 saturated heterocycles. The van der Waals surface area contributed by atoms with Gasteiger partial charge in [0.2, 0.25) is 0 Å². The second kappa shape index (κ2) is 6.59. The van der Waals surface area contributed by atoms with Crippen LogP contribution in [0.1, 0.15) is 5.56 Å². The maximum Gasteiger partial charge on any atom is 0.283 e. The molecule has 1 aromatic carbocycles. The molecule has 0 radical (unpaired) electrons. The number of rotatable bonds is 6. The molecule has 0 saturated carbocycles. The third kappa shape index (κ3) is 3.21. The van der Waals surface area contributed by atoms with Gasteiger partial charge in [-0.15, -0.1) is 0 Å². The van der Waals surface area contributed by atoms with Gasteiger partial charge in [-0.1, -0.05) is 42.4 Å². The summed E-state index contributed by atoms with van der Waals surface area (Å²) in [7, 11) is 0. The van der Waals surface area contributed by atoms with Gasteiger partial charge in [0.15, 0.2) is 0 Å². The van der Waals surface area contributed by atoms with Crippen molar-refractivity contribution in [2.75, 3.05) is 0 Å². The van der Waals surface area contributed by atoms with Crippen LogP contribution >= 0.6 is 23.2 Å². The number of ether oxygens (including phenoxy) is 1. The van der Waals surface area contributed by atoms with E-state index in [4.69, 9.17) is 32.8 Å². The predicted octanol–water partition coefficient (Wildman–Crippen LogP) is 4.10. The van der Waals surface area contributed by atoms with Crippen LogP contribution in [0.2, 0.25) is 10.0 Å². The molecule has 0 spiro atoms. The fraction of sp³-hybridized carbons (Fsp3) is 0.143. The molecule has 0 aliphatic carbocycles. The third-order valence-electron chi connectivity index (χ3n) is 2.69. The Hall–Kier alpha value is -1.78. The Labute approximate surface area is 128 Å². The summed E-state index contributed by atoms with van der Waals surface area (Å²) in [4.78, 5) is 7.13. The maximum absolute atomic E-state index is 6.17. The smallest absolute Gasteiger partial charge is 0.283 e. The summed E-state index contributed by atoms with van der Waals surface area (Å²) in [5.74, 6) is 0. The maximum atomic E-state index is 6.17. The number of halogens is 2. The molecule has 1 atom stereocenters. The van der Waals surface area contributed by atoms with Gasteiger partial charge in [0.05, 0.1) is 12.5 Å². The van der Waals surface area contributed by atoms with E-state index < -0.39 is 6.35 Å². The van der Waals surface area contributed by atoms with Gasteiger partial charge in [-0.3, -0.25) is 0 Å². The fourth-order valence-electron chi connectivity index (χ4n) is 1.82. The average Bonchev–Trinajstić information content (AvgIpc) is 2.77. The molecule has 1 unspecified atom stereocenters. The Morgan fingerprint density at radius 3 is 2.65 bits per heavy atom. The second-order valence-corrected chi connectivity index (χ2v) is 4.81.